The summed E-state index contributed by atoms with van der Waals surface area (Å²) in [6.45, 7) is 0. The highest BCUT2D eigenvalue weighted by Gasteiger charge is 2.25. The van der Waals surface area contributed by atoms with Gasteiger partial charge in [0.05, 0.1) is 12.5 Å². The summed E-state index contributed by atoms with van der Waals surface area (Å²) in [7, 11) is 0. The van der Waals surface area contributed by atoms with Gasteiger partial charge in [-0.3, -0.25) is 19.7 Å². The first-order chi connectivity index (χ1) is 8.81. The van der Waals surface area contributed by atoms with Crippen molar-refractivity contribution in [2.24, 2.45) is 5.73 Å². The first-order valence-corrected chi connectivity index (χ1v) is 4.87. The highest BCUT2D eigenvalue weighted by molar-refractivity contribution is 5.95. The van der Waals surface area contributed by atoms with Crippen LogP contribution < -0.4 is 11.1 Å². The molecular formula is C9H9N3O7. The zero-order valence-electron chi connectivity index (χ0n) is 9.36. The Labute approximate surface area is 105 Å². The highest BCUT2D eigenvalue weighted by Crippen LogP contribution is 2.15. The van der Waals surface area contributed by atoms with Crippen LogP contribution in [-0.2, 0) is 9.59 Å². The predicted octanol–water partition coefficient (Wildman–Crippen LogP) is -0.754. The van der Waals surface area contributed by atoms with Crippen molar-refractivity contribution in [3.05, 3.63) is 28.0 Å². The first kappa shape index (κ1) is 14.2. The Morgan fingerprint density at radius 3 is 2.53 bits per heavy atom. The normalized spacial score (nSPS) is 11.6. The van der Waals surface area contributed by atoms with Gasteiger partial charge in [-0.05, 0) is 6.07 Å². The van der Waals surface area contributed by atoms with Gasteiger partial charge in [0.2, 0.25) is 5.91 Å². The lowest BCUT2D eigenvalue weighted by atomic mass is 10.2. The molecule has 1 aromatic heterocycles. The van der Waals surface area contributed by atoms with E-state index < -0.39 is 46.8 Å². The lowest BCUT2D eigenvalue weighted by molar-refractivity contribution is -0.402. The third kappa shape index (κ3) is 3.80. The van der Waals surface area contributed by atoms with Crippen molar-refractivity contribution in [3.8, 4) is 0 Å². The fourth-order valence-corrected chi connectivity index (χ4v) is 1.18. The van der Waals surface area contributed by atoms with Crippen molar-refractivity contribution in [1.29, 1.82) is 0 Å². The predicted molar refractivity (Wildman–Crippen MR) is 58.1 cm³/mol. The summed E-state index contributed by atoms with van der Waals surface area (Å²) in [6, 6.07) is 0.421. The number of nitrogens with two attached hydrogens (primary N) is 1. The number of hydrogen-bond donors (Lipinski definition) is 3. The zero-order chi connectivity index (χ0) is 14.6. The molecule has 0 unspecified atom stereocenters. The fourth-order valence-electron chi connectivity index (χ4n) is 1.18. The van der Waals surface area contributed by atoms with E-state index in [0.29, 0.717) is 0 Å². The molecule has 0 aliphatic carbocycles. The minimum atomic E-state index is -1.53. The second kappa shape index (κ2) is 5.62. The maximum Gasteiger partial charge on any atom is 0.433 e. The van der Waals surface area contributed by atoms with E-state index in [9.17, 15) is 24.5 Å². The van der Waals surface area contributed by atoms with Crippen molar-refractivity contribution < 1.29 is 28.8 Å². The van der Waals surface area contributed by atoms with Gasteiger partial charge in [0.1, 0.15) is 11.0 Å². The number of furan rings is 1. The monoisotopic (exact) mass is 271 g/mol. The van der Waals surface area contributed by atoms with Crippen LogP contribution >= 0.6 is 0 Å². The molecule has 0 radical (unpaired) electrons. The molecule has 0 saturated heterocycles. The van der Waals surface area contributed by atoms with Crippen LogP contribution in [0, 0.1) is 10.1 Å². The maximum atomic E-state index is 11.5. The van der Waals surface area contributed by atoms with Crippen LogP contribution in [0.5, 0.6) is 0 Å². The van der Waals surface area contributed by atoms with Gasteiger partial charge >= 0.3 is 11.9 Å². The lowest BCUT2D eigenvalue weighted by Crippen LogP contribution is -2.43. The molecule has 102 valence electrons. The Morgan fingerprint density at radius 2 is 2.11 bits per heavy atom. The minimum Gasteiger partial charge on any atom is -0.480 e. The quantitative estimate of drug-likeness (QED) is 0.451. The second-order valence-corrected chi connectivity index (χ2v) is 3.43. The van der Waals surface area contributed by atoms with Gasteiger partial charge in [-0.1, -0.05) is 0 Å². The van der Waals surface area contributed by atoms with Crippen LogP contribution in [0.2, 0.25) is 0 Å². The van der Waals surface area contributed by atoms with Crippen LogP contribution in [0.25, 0.3) is 0 Å². The Balaban J connectivity index is 2.78. The van der Waals surface area contributed by atoms with Gasteiger partial charge in [0.15, 0.2) is 5.76 Å². The van der Waals surface area contributed by atoms with Crippen LogP contribution in [-0.4, -0.2) is 33.9 Å². The van der Waals surface area contributed by atoms with E-state index in [1.54, 1.807) is 0 Å². The third-order valence-corrected chi connectivity index (χ3v) is 2.00. The summed E-state index contributed by atoms with van der Waals surface area (Å²) < 4.78 is 4.57. The Hall–Kier alpha value is -2.91. The van der Waals surface area contributed by atoms with Crippen LogP contribution in [0.1, 0.15) is 17.0 Å². The Morgan fingerprint density at radius 1 is 1.47 bits per heavy atom. The summed E-state index contributed by atoms with van der Waals surface area (Å²) in [6.07, 6.45) is -0.607. The smallest absolute Gasteiger partial charge is 0.433 e. The van der Waals surface area contributed by atoms with Gasteiger partial charge < -0.3 is 20.6 Å². The molecule has 1 rings (SSSR count). The van der Waals surface area contributed by atoms with Crippen molar-refractivity contribution in [1.82, 2.24) is 5.32 Å². The molecule has 0 aliphatic heterocycles. The SMILES string of the molecule is NC(=O)C[C@@H](NC(=O)c1ccc([N+](=O)[O-])o1)C(=O)O. The second-order valence-electron chi connectivity index (χ2n) is 3.43. The average molecular weight is 271 g/mol. The van der Waals surface area contributed by atoms with E-state index >= 15 is 0 Å². The number of aliphatic carboxylic acids is 1. The average Bonchev–Trinajstić information content (AvgIpc) is 2.76. The molecule has 0 aliphatic rings. The molecule has 19 heavy (non-hydrogen) atoms. The molecule has 10 heteroatoms. The third-order valence-electron chi connectivity index (χ3n) is 2.00. The van der Waals surface area contributed by atoms with E-state index in [2.05, 4.69) is 4.42 Å². The van der Waals surface area contributed by atoms with Crippen LogP contribution in [0.15, 0.2) is 16.5 Å². The summed E-state index contributed by atoms with van der Waals surface area (Å²) in [5, 5.41) is 21.0. The molecule has 0 fully saturated rings. The number of nitro groups is 1. The number of rotatable bonds is 6. The van der Waals surface area contributed by atoms with E-state index in [4.69, 9.17) is 10.8 Å². The molecule has 1 atom stereocenters. The highest BCUT2D eigenvalue weighted by atomic mass is 16.6. The molecule has 4 N–H and O–H groups in total. The summed E-state index contributed by atoms with van der Waals surface area (Å²) in [5.41, 5.74) is 4.82. The number of nitrogens with zero attached hydrogens (tertiary/aromatic N) is 1. The number of carboxylic acid groups (broad SMARTS) is 1. The van der Waals surface area contributed by atoms with Crippen molar-refractivity contribution in [2.45, 2.75) is 12.5 Å². The zero-order valence-corrected chi connectivity index (χ0v) is 9.36. The molecule has 0 saturated carbocycles. The largest absolute Gasteiger partial charge is 0.480 e. The molecule has 0 bridgehead atoms. The number of carbonyl (C=O) groups excluding carboxylic acids is 2. The van der Waals surface area contributed by atoms with Gasteiger partial charge in [-0.15, -0.1) is 0 Å². The Bertz CT molecular complexity index is 536. The van der Waals surface area contributed by atoms with Crippen molar-refractivity contribution in [2.75, 3.05) is 0 Å². The summed E-state index contributed by atoms with van der Waals surface area (Å²) >= 11 is 0. The minimum absolute atomic E-state index is 0.442. The van der Waals surface area contributed by atoms with Crippen molar-refractivity contribution >= 4 is 23.7 Å². The number of amides is 2. The molecule has 0 aromatic carbocycles. The lowest BCUT2D eigenvalue weighted by Gasteiger charge is -2.11. The van der Waals surface area contributed by atoms with Gasteiger partial charge in [-0.25, -0.2) is 4.79 Å². The summed E-state index contributed by atoms with van der Waals surface area (Å²) in [5.74, 6) is -4.48. The van der Waals surface area contributed by atoms with E-state index in [1.165, 1.54) is 0 Å². The fraction of sp³-hybridized carbons (Fsp3) is 0.222. The van der Waals surface area contributed by atoms with Gasteiger partial charge in [-0.2, -0.15) is 0 Å². The molecule has 2 amide bonds. The number of nitrogens with one attached hydrogen (secondary N) is 1. The molecule has 1 heterocycles. The molecule has 0 spiro atoms. The standard InChI is InChI=1S/C9H9N3O7/c10-6(13)3-4(9(15)16)11-8(14)5-1-2-7(19-5)12(17)18/h1-2,4H,3H2,(H2,10,13)(H,11,14)(H,15,16)/t4-/m1/s1. The molecule has 10 nitrogen and oxygen atoms in total. The summed E-state index contributed by atoms with van der Waals surface area (Å²) in [4.78, 5) is 42.4. The molecule has 1 aromatic rings. The van der Waals surface area contributed by atoms with E-state index in [1.807, 2.05) is 5.32 Å². The number of hydrogen-bond acceptors (Lipinski definition) is 6. The van der Waals surface area contributed by atoms with E-state index in [-0.39, 0.29) is 0 Å². The van der Waals surface area contributed by atoms with E-state index in [0.717, 1.165) is 12.1 Å². The van der Waals surface area contributed by atoms with Gasteiger partial charge in [0, 0.05) is 0 Å². The number of carboxylic acids is 1. The van der Waals surface area contributed by atoms with Crippen molar-refractivity contribution in [3.63, 3.8) is 0 Å². The van der Waals surface area contributed by atoms with Crippen LogP contribution in [0.3, 0.4) is 0 Å². The maximum absolute atomic E-state index is 11.5. The molecular weight excluding hydrogens is 262 g/mol. The first-order valence-electron chi connectivity index (χ1n) is 4.87. The Kier molecular flexibility index (Phi) is 4.19. The topological polar surface area (TPSA) is 166 Å². The van der Waals surface area contributed by atoms with Gasteiger partial charge in [0.25, 0.3) is 5.91 Å². The number of carbonyl (C=O) groups is 3. The van der Waals surface area contributed by atoms with Crippen LogP contribution in [0.4, 0.5) is 5.88 Å². The number of primary amides is 1.